The molecular weight excluding hydrogens is 177 g/mol. The normalized spacial score (nSPS) is 10.7. The molecule has 0 heterocycles. The summed E-state index contributed by atoms with van der Waals surface area (Å²) in [5, 5.41) is 0. The van der Waals surface area contributed by atoms with Gasteiger partial charge in [0.15, 0.2) is 0 Å². The van der Waals surface area contributed by atoms with Crippen molar-refractivity contribution in [1.29, 1.82) is 0 Å². The van der Waals surface area contributed by atoms with Crippen LogP contribution in [0.25, 0.3) is 0 Å². The molecule has 0 radical (unpaired) electrons. The summed E-state index contributed by atoms with van der Waals surface area (Å²) < 4.78 is 12.4. The zero-order chi connectivity index (χ0) is 8.48. The maximum absolute atomic E-state index is 12.4. The van der Waals surface area contributed by atoms with Gasteiger partial charge in [-0.15, -0.1) is 12.4 Å². The molecule has 0 saturated heterocycles. The predicted molar refractivity (Wildman–Crippen MR) is 50.9 cm³/mol. The van der Waals surface area contributed by atoms with Crippen molar-refractivity contribution in [2.75, 3.05) is 0 Å². The van der Waals surface area contributed by atoms with Gasteiger partial charge in [-0.1, -0.05) is 12.1 Å². The van der Waals surface area contributed by atoms with Gasteiger partial charge >= 0.3 is 0 Å². The van der Waals surface area contributed by atoms with Crippen molar-refractivity contribution in [2.24, 2.45) is 5.73 Å². The third-order valence-electron chi connectivity index (χ3n) is 1.59. The van der Waals surface area contributed by atoms with Crippen LogP contribution in [0.3, 0.4) is 0 Å². The topological polar surface area (TPSA) is 26.0 Å². The van der Waals surface area contributed by atoms with Crippen LogP contribution in [0.15, 0.2) is 24.3 Å². The lowest BCUT2D eigenvalue weighted by molar-refractivity contribution is 0.550. The maximum Gasteiger partial charge on any atom is 0.123 e. The molecule has 0 spiro atoms. The molecule has 3 heteroatoms. The highest BCUT2D eigenvalue weighted by Crippen LogP contribution is 2.16. The molecule has 0 aliphatic heterocycles. The van der Waals surface area contributed by atoms with Crippen molar-refractivity contribution < 1.29 is 4.39 Å². The highest BCUT2D eigenvalue weighted by atomic mass is 35.5. The molecule has 0 atom stereocenters. The molecule has 0 amide bonds. The summed E-state index contributed by atoms with van der Waals surface area (Å²) in [5.74, 6) is -0.224. The molecule has 0 bridgehead atoms. The molecule has 1 nitrogen and oxygen atoms in total. The van der Waals surface area contributed by atoms with Crippen LogP contribution in [0.2, 0.25) is 0 Å². The van der Waals surface area contributed by atoms with Gasteiger partial charge in [0.05, 0.1) is 0 Å². The molecule has 2 N–H and O–H groups in total. The van der Waals surface area contributed by atoms with Crippen molar-refractivity contribution in [2.45, 2.75) is 19.4 Å². The van der Waals surface area contributed by atoms with E-state index in [0.29, 0.717) is 0 Å². The fraction of sp³-hybridized carbons (Fsp3) is 0.333. The summed E-state index contributed by atoms with van der Waals surface area (Å²) >= 11 is 0. The molecule has 0 fully saturated rings. The zero-order valence-corrected chi connectivity index (χ0v) is 7.99. The van der Waals surface area contributed by atoms with Gasteiger partial charge in [-0.3, -0.25) is 0 Å². The Bertz CT molecular complexity index is 238. The smallest absolute Gasteiger partial charge is 0.123 e. The van der Waals surface area contributed by atoms with Gasteiger partial charge in [-0.05, 0) is 31.5 Å². The Labute approximate surface area is 78.2 Å². The van der Waals surface area contributed by atoms with Gasteiger partial charge in [-0.25, -0.2) is 4.39 Å². The van der Waals surface area contributed by atoms with Gasteiger partial charge in [-0.2, -0.15) is 0 Å². The lowest BCUT2D eigenvalue weighted by Crippen LogP contribution is -2.28. The van der Waals surface area contributed by atoms with Gasteiger partial charge in [0.1, 0.15) is 5.82 Å². The number of nitrogens with two attached hydrogens (primary N) is 1. The molecule has 68 valence electrons. The highest BCUT2D eigenvalue weighted by Gasteiger charge is 2.12. The number of hydrogen-bond acceptors (Lipinski definition) is 1. The fourth-order valence-corrected chi connectivity index (χ4v) is 0.879. The van der Waals surface area contributed by atoms with E-state index >= 15 is 0 Å². The van der Waals surface area contributed by atoms with Crippen LogP contribution in [-0.2, 0) is 5.54 Å². The molecule has 1 aromatic rings. The molecule has 0 aromatic heterocycles. The van der Waals surface area contributed by atoms with Crippen LogP contribution in [0, 0.1) is 5.82 Å². The third-order valence-corrected chi connectivity index (χ3v) is 1.59. The van der Waals surface area contributed by atoms with Gasteiger partial charge in [0, 0.05) is 5.54 Å². The van der Waals surface area contributed by atoms with E-state index in [2.05, 4.69) is 0 Å². The zero-order valence-electron chi connectivity index (χ0n) is 7.17. The maximum atomic E-state index is 12.4. The Morgan fingerprint density at radius 2 is 1.58 bits per heavy atom. The van der Waals surface area contributed by atoms with E-state index in [0.717, 1.165) is 5.56 Å². The second kappa shape index (κ2) is 3.87. The first-order valence-corrected chi connectivity index (χ1v) is 3.55. The molecular formula is C9H13ClFN. The second-order valence-electron chi connectivity index (χ2n) is 3.23. The Morgan fingerprint density at radius 1 is 1.17 bits per heavy atom. The van der Waals surface area contributed by atoms with Crippen LogP contribution >= 0.6 is 12.4 Å². The lowest BCUT2D eigenvalue weighted by atomic mass is 9.96. The van der Waals surface area contributed by atoms with Gasteiger partial charge in [0.25, 0.3) is 0 Å². The summed E-state index contributed by atoms with van der Waals surface area (Å²) in [6, 6.07) is 6.25. The molecule has 1 aromatic carbocycles. The van der Waals surface area contributed by atoms with Crippen LogP contribution in [0.5, 0.6) is 0 Å². The minimum atomic E-state index is -0.381. The Morgan fingerprint density at radius 3 is 1.92 bits per heavy atom. The average Bonchev–Trinajstić information content (AvgIpc) is 1.86. The molecule has 0 aliphatic rings. The van der Waals surface area contributed by atoms with Crippen LogP contribution in [0.1, 0.15) is 19.4 Å². The van der Waals surface area contributed by atoms with E-state index in [9.17, 15) is 4.39 Å². The Hall–Kier alpha value is -0.600. The van der Waals surface area contributed by atoms with Crippen LogP contribution in [-0.4, -0.2) is 0 Å². The average molecular weight is 190 g/mol. The van der Waals surface area contributed by atoms with Crippen molar-refractivity contribution in [3.8, 4) is 0 Å². The molecule has 0 unspecified atom stereocenters. The van der Waals surface area contributed by atoms with Gasteiger partial charge in [0.2, 0.25) is 0 Å². The lowest BCUT2D eigenvalue weighted by Gasteiger charge is -2.18. The Kier molecular flexibility index (Phi) is 3.68. The monoisotopic (exact) mass is 189 g/mol. The minimum Gasteiger partial charge on any atom is -0.322 e. The van der Waals surface area contributed by atoms with E-state index in [1.807, 2.05) is 13.8 Å². The first-order valence-electron chi connectivity index (χ1n) is 3.55. The number of benzene rings is 1. The molecule has 0 aliphatic carbocycles. The van der Waals surface area contributed by atoms with E-state index in [1.165, 1.54) is 12.1 Å². The first-order chi connectivity index (χ1) is 5.00. The summed E-state index contributed by atoms with van der Waals surface area (Å²) in [7, 11) is 0. The molecule has 12 heavy (non-hydrogen) atoms. The second-order valence-corrected chi connectivity index (χ2v) is 3.23. The van der Waals surface area contributed by atoms with Crippen LogP contribution < -0.4 is 5.73 Å². The summed E-state index contributed by atoms with van der Waals surface area (Å²) in [6.45, 7) is 3.78. The van der Waals surface area contributed by atoms with Crippen LogP contribution in [0.4, 0.5) is 4.39 Å². The SMILES string of the molecule is CC(C)(N)c1ccc(F)cc1.Cl. The summed E-state index contributed by atoms with van der Waals surface area (Å²) in [4.78, 5) is 0. The molecule has 0 saturated carbocycles. The number of rotatable bonds is 1. The Balaban J connectivity index is 0.00000121. The quantitative estimate of drug-likeness (QED) is 0.722. The van der Waals surface area contributed by atoms with Crippen molar-refractivity contribution in [3.63, 3.8) is 0 Å². The fourth-order valence-electron chi connectivity index (χ4n) is 0.879. The van der Waals surface area contributed by atoms with Crippen molar-refractivity contribution in [3.05, 3.63) is 35.6 Å². The number of halogens is 2. The minimum absolute atomic E-state index is 0. The van der Waals surface area contributed by atoms with Gasteiger partial charge < -0.3 is 5.73 Å². The third kappa shape index (κ3) is 2.80. The van der Waals surface area contributed by atoms with E-state index in [4.69, 9.17) is 5.73 Å². The van der Waals surface area contributed by atoms with E-state index in [-0.39, 0.29) is 23.8 Å². The predicted octanol–water partition coefficient (Wildman–Crippen LogP) is 2.44. The van der Waals surface area contributed by atoms with E-state index in [1.54, 1.807) is 12.1 Å². The summed E-state index contributed by atoms with van der Waals surface area (Å²) in [5.41, 5.74) is 6.35. The number of hydrogen-bond donors (Lipinski definition) is 1. The molecule has 1 rings (SSSR count). The first kappa shape index (κ1) is 11.4. The van der Waals surface area contributed by atoms with Crippen molar-refractivity contribution >= 4 is 12.4 Å². The van der Waals surface area contributed by atoms with Crippen molar-refractivity contribution in [1.82, 2.24) is 0 Å². The largest absolute Gasteiger partial charge is 0.322 e. The van der Waals surface area contributed by atoms with E-state index < -0.39 is 0 Å². The highest BCUT2D eigenvalue weighted by molar-refractivity contribution is 5.85. The standard InChI is InChI=1S/C9H12FN.ClH/c1-9(2,11)7-3-5-8(10)6-4-7;/h3-6H,11H2,1-2H3;1H. The summed E-state index contributed by atoms with van der Waals surface area (Å²) in [6.07, 6.45) is 0.